The highest BCUT2D eigenvalue weighted by molar-refractivity contribution is 6.09. The smallest absolute Gasteiger partial charge is 0.329 e. The summed E-state index contributed by atoms with van der Waals surface area (Å²) in [6, 6.07) is 17.3. The van der Waals surface area contributed by atoms with Gasteiger partial charge in [0.15, 0.2) is 6.61 Å². The van der Waals surface area contributed by atoms with E-state index in [1.54, 1.807) is 12.4 Å². The number of Topliss-reactive ketones (excluding diaryl/α,β-unsaturated/α-hetero) is 1. The van der Waals surface area contributed by atoms with Gasteiger partial charge in [-0.15, -0.1) is 0 Å². The summed E-state index contributed by atoms with van der Waals surface area (Å²) in [7, 11) is 0. The van der Waals surface area contributed by atoms with Crippen LogP contribution in [0, 0.1) is 5.82 Å². The van der Waals surface area contributed by atoms with Crippen LogP contribution in [0.5, 0.6) is 0 Å². The molecule has 0 spiro atoms. The van der Waals surface area contributed by atoms with Crippen LogP contribution in [0.25, 0.3) is 21.8 Å². The SMILES string of the molecule is CCc1cccc2c(C(=O)COC(=O)C(Cc3c[nH]c4ccccc34)NC(=O)c3ccc(F)cc3)c[nH]c12. The van der Waals surface area contributed by atoms with Crippen LogP contribution in [-0.2, 0) is 22.4 Å². The van der Waals surface area contributed by atoms with Gasteiger partial charge in [0.25, 0.3) is 5.91 Å². The second kappa shape index (κ2) is 10.7. The number of halogens is 1. The van der Waals surface area contributed by atoms with Crippen LogP contribution < -0.4 is 5.32 Å². The third-order valence-corrected chi connectivity index (χ3v) is 6.62. The van der Waals surface area contributed by atoms with E-state index in [-0.39, 0.29) is 17.8 Å². The molecule has 38 heavy (non-hydrogen) atoms. The van der Waals surface area contributed by atoms with Crippen molar-refractivity contribution in [3.8, 4) is 0 Å². The molecule has 5 rings (SSSR count). The van der Waals surface area contributed by atoms with E-state index < -0.39 is 30.3 Å². The number of aromatic amines is 2. The van der Waals surface area contributed by atoms with Gasteiger partial charge < -0.3 is 20.0 Å². The van der Waals surface area contributed by atoms with E-state index >= 15 is 0 Å². The van der Waals surface area contributed by atoms with Crippen molar-refractivity contribution in [3.05, 3.63) is 107 Å². The van der Waals surface area contributed by atoms with Gasteiger partial charge in [-0.1, -0.05) is 43.3 Å². The molecule has 8 heteroatoms. The number of ether oxygens (including phenoxy) is 1. The molecule has 2 heterocycles. The lowest BCUT2D eigenvalue weighted by molar-refractivity contribution is -0.144. The van der Waals surface area contributed by atoms with Crippen molar-refractivity contribution in [2.24, 2.45) is 0 Å². The van der Waals surface area contributed by atoms with Gasteiger partial charge in [-0.3, -0.25) is 9.59 Å². The number of ketones is 1. The number of hydrogen-bond donors (Lipinski definition) is 3. The maximum Gasteiger partial charge on any atom is 0.329 e. The summed E-state index contributed by atoms with van der Waals surface area (Å²) in [6.07, 6.45) is 4.35. The Balaban J connectivity index is 1.35. The molecule has 0 aliphatic heterocycles. The number of aryl methyl sites for hydroxylation is 1. The van der Waals surface area contributed by atoms with Crippen LogP contribution in [-0.4, -0.2) is 40.3 Å². The zero-order valence-electron chi connectivity index (χ0n) is 20.7. The Morgan fingerprint density at radius 2 is 1.66 bits per heavy atom. The van der Waals surface area contributed by atoms with E-state index in [1.165, 1.54) is 24.3 Å². The lowest BCUT2D eigenvalue weighted by atomic mass is 10.0. The summed E-state index contributed by atoms with van der Waals surface area (Å²) in [4.78, 5) is 45.4. The molecule has 1 unspecified atom stereocenters. The predicted octanol–water partition coefficient (Wildman–Crippen LogP) is 5.12. The monoisotopic (exact) mass is 511 g/mol. The number of esters is 1. The van der Waals surface area contributed by atoms with E-state index in [0.29, 0.717) is 5.56 Å². The number of carbonyl (C=O) groups excluding carboxylic acids is 3. The number of benzene rings is 3. The molecule has 0 fully saturated rings. The minimum Gasteiger partial charge on any atom is -0.456 e. The number of fused-ring (bicyclic) bond motifs is 2. The van der Waals surface area contributed by atoms with Crippen molar-refractivity contribution < 1.29 is 23.5 Å². The van der Waals surface area contributed by atoms with Crippen LogP contribution in [0.1, 0.15) is 38.8 Å². The van der Waals surface area contributed by atoms with Gasteiger partial charge in [-0.25, -0.2) is 9.18 Å². The van der Waals surface area contributed by atoms with Gasteiger partial charge in [0.2, 0.25) is 5.78 Å². The fourth-order valence-corrected chi connectivity index (χ4v) is 4.61. The first-order valence-electron chi connectivity index (χ1n) is 12.3. The molecule has 5 aromatic rings. The lowest BCUT2D eigenvalue weighted by Gasteiger charge is -2.17. The molecule has 3 aromatic carbocycles. The number of carbonyl (C=O) groups is 3. The van der Waals surface area contributed by atoms with Crippen LogP contribution in [0.15, 0.2) is 79.1 Å². The van der Waals surface area contributed by atoms with Crippen molar-refractivity contribution >= 4 is 39.5 Å². The number of rotatable bonds is 9. The second-order valence-corrected chi connectivity index (χ2v) is 9.02. The second-order valence-electron chi connectivity index (χ2n) is 9.02. The van der Waals surface area contributed by atoms with Crippen molar-refractivity contribution in [1.29, 1.82) is 0 Å². The topological polar surface area (TPSA) is 104 Å². The third-order valence-electron chi connectivity index (χ3n) is 6.62. The van der Waals surface area contributed by atoms with E-state index in [9.17, 15) is 18.8 Å². The first-order chi connectivity index (χ1) is 18.4. The highest BCUT2D eigenvalue weighted by Crippen LogP contribution is 2.23. The Morgan fingerprint density at radius 3 is 2.45 bits per heavy atom. The number of nitrogens with one attached hydrogen (secondary N) is 3. The van der Waals surface area contributed by atoms with Gasteiger partial charge in [0.05, 0.1) is 0 Å². The molecule has 0 radical (unpaired) electrons. The molecule has 2 aromatic heterocycles. The maximum atomic E-state index is 13.3. The number of amides is 1. The van der Waals surface area contributed by atoms with E-state index in [0.717, 1.165) is 39.4 Å². The number of hydrogen-bond acceptors (Lipinski definition) is 4. The summed E-state index contributed by atoms with van der Waals surface area (Å²) in [5.74, 6) is -2.12. The predicted molar refractivity (Wildman–Crippen MR) is 143 cm³/mol. The van der Waals surface area contributed by atoms with Gasteiger partial charge in [-0.2, -0.15) is 0 Å². The van der Waals surface area contributed by atoms with Crippen LogP contribution in [0.3, 0.4) is 0 Å². The third kappa shape index (κ3) is 5.06. The molecule has 0 aliphatic carbocycles. The van der Waals surface area contributed by atoms with Crippen LogP contribution in [0.2, 0.25) is 0 Å². The molecule has 7 nitrogen and oxygen atoms in total. The zero-order valence-corrected chi connectivity index (χ0v) is 20.7. The molecular weight excluding hydrogens is 485 g/mol. The molecule has 192 valence electrons. The summed E-state index contributed by atoms with van der Waals surface area (Å²) in [5.41, 5.74) is 4.29. The van der Waals surface area contributed by atoms with Crippen molar-refractivity contribution in [2.45, 2.75) is 25.8 Å². The Kier molecular flexibility index (Phi) is 7.04. The van der Waals surface area contributed by atoms with Crippen molar-refractivity contribution in [3.63, 3.8) is 0 Å². The Bertz CT molecular complexity index is 1630. The molecule has 0 aliphatic rings. The number of H-pyrrole nitrogens is 2. The molecule has 1 atom stereocenters. The average Bonchev–Trinajstić information content (AvgIpc) is 3.56. The van der Waals surface area contributed by atoms with Crippen LogP contribution in [0.4, 0.5) is 4.39 Å². The molecule has 3 N–H and O–H groups in total. The van der Waals surface area contributed by atoms with Crippen LogP contribution >= 0.6 is 0 Å². The lowest BCUT2D eigenvalue weighted by Crippen LogP contribution is -2.43. The Morgan fingerprint density at radius 1 is 0.895 bits per heavy atom. The summed E-state index contributed by atoms with van der Waals surface area (Å²) >= 11 is 0. The quantitative estimate of drug-likeness (QED) is 0.189. The first kappa shape index (κ1) is 25.0. The molecule has 0 saturated heterocycles. The van der Waals surface area contributed by atoms with E-state index in [4.69, 9.17) is 4.74 Å². The molecule has 0 saturated carbocycles. The molecular formula is C30H26FN3O4. The van der Waals surface area contributed by atoms with Gasteiger partial charge in [0, 0.05) is 51.7 Å². The summed E-state index contributed by atoms with van der Waals surface area (Å²) in [5, 5.41) is 4.37. The highest BCUT2D eigenvalue weighted by Gasteiger charge is 2.26. The summed E-state index contributed by atoms with van der Waals surface area (Å²) in [6.45, 7) is 1.56. The fraction of sp³-hybridized carbons (Fsp3) is 0.167. The van der Waals surface area contributed by atoms with Crippen molar-refractivity contribution in [1.82, 2.24) is 15.3 Å². The maximum absolute atomic E-state index is 13.3. The van der Waals surface area contributed by atoms with Gasteiger partial charge in [-0.05, 0) is 47.9 Å². The minimum absolute atomic E-state index is 0.136. The standard InChI is InChI=1S/C30H26FN3O4/c1-2-18-6-5-8-23-24(16-33-28(18)23)27(35)17-38-30(37)26(34-29(36)19-10-12-21(31)13-11-19)14-20-15-32-25-9-4-3-7-22(20)25/h3-13,15-16,26,32-33H,2,14,17H2,1H3,(H,34,36). The Hall–Kier alpha value is -4.72. The van der Waals surface area contributed by atoms with E-state index in [1.807, 2.05) is 49.4 Å². The van der Waals surface area contributed by atoms with Gasteiger partial charge in [0.1, 0.15) is 11.9 Å². The average molecular weight is 512 g/mol. The number of aromatic nitrogens is 2. The zero-order chi connectivity index (χ0) is 26.6. The Labute approximate surface area is 218 Å². The molecule has 0 bridgehead atoms. The highest BCUT2D eigenvalue weighted by atomic mass is 19.1. The van der Waals surface area contributed by atoms with E-state index in [2.05, 4.69) is 15.3 Å². The number of para-hydroxylation sites is 2. The largest absolute Gasteiger partial charge is 0.456 e. The summed E-state index contributed by atoms with van der Waals surface area (Å²) < 4.78 is 18.8. The molecule has 1 amide bonds. The normalized spacial score (nSPS) is 11.9. The van der Waals surface area contributed by atoms with Gasteiger partial charge >= 0.3 is 5.97 Å². The van der Waals surface area contributed by atoms with Crippen molar-refractivity contribution in [2.75, 3.05) is 6.61 Å². The first-order valence-corrected chi connectivity index (χ1v) is 12.3. The minimum atomic E-state index is -1.07. The fourth-order valence-electron chi connectivity index (χ4n) is 4.61.